The summed E-state index contributed by atoms with van der Waals surface area (Å²) in [5, 5.41) is 14.9. The Bertz CT molecular complexity index is 1110. The predicted octanol–water partition coefficient (Wildman–Crippen LogP) is 1.71. The van der Waals surface area contributed by atoms with Crippen LogP contribution in [0.25, 0.3) is 11.5 Å². The van der Waals surface area contributed by atoms with Crippen LogP contribution in [0.4, 0.5) is 23.4 Å². The fourth-order valence-electron chi connectivity index (χ4n) is 2.89. The van der Waals surface area contributed by atoms with E-state index in [4.69, 9.17) is 0 Å². The van der Waals surface area contributed by atoms with E-state index in [0.717, 1.165) is 0 Å². The first-order chi connectivity index (χ1) is 13.7. The highest BCUT2D eigenvalue weighted by Crippen LogP contribution is 2.31. The molecule has 0 unspecified atom stereocenters. The maximum absolute atomic E-state index is 13.6. The van der Waals surface area contributed by atoms with Gasteiger partial charge in [0.2, 0.25) is 5.91 Å². The molecule has 9 nitrogen and oxygen atoms in total. The Kier molecular flexibility index (Phi) is 4.28. The van der Waals surface area contributed by atoms with Crippen LogP contribution in [0.3, 0.4) is 0 Å². The normalized spacial score (nSPS) is 13.7. The molecule has 0 bridgehead atoms. The van der Waals surface area contributed by atoms with E-state index < -0.39 is 29.0 Å². The third kappa shape index (κ3) is 3.53. The molecule has 150 valence electrons. The zero-order valence-electron chi connectivity index (χ0n) is 14.3. The van der Waals surface area contributed by atoms with Crippen molar-refractivity contribution in [1.29, 1.82) is 0 Å². The zero-order valence-corrected chi connectivity index (χ0v) is 14.3. The monoisotopic (exact) mass is 409 g/mol. The number of benzene rings is 1. The lowest BCUT2D eigenvalue weighted by molar-refractivity contribution is -0.137. The fraction of sp³-hybridized carbons (Fsp3) is 0.188. The number of aromatic amines is 1. The van der Waals surface area contributed by atoms with Crippen LogP contribution in [0, 0.1) is 5.82 Å². The van der Waals surface area contributed by atoms with Crippen LogP contribution in [-0.4, -0.2) is 36.8 Å². The third-order valence-electron chi connectivity index (χ3n) is 4.19. The van der Waals surface area contributed by atoms with E-state index in [1.165, 1.54) is 10.8 Å². The van der Waals surface area contributed by atoms with Crippen LogP contribution >= 0.6 is 0 Å². The number of aromatic nitrogens is 5. The second kappa shape index (κ2) is 6.68. The highest BCUT2D eigenvalue weighted by Gasteiger charge is 2.32. The molecule has 1 aliphatic heterocycles. The lowest BCUT2D eigenvalue weighted by Gasteiger charge is -2.17. The molecule has 13 heteroatoms. The quantitative estimate of drug-likeness (QED) is 0.570. The smallest absolute Gasteiger partial charge is 0.349 e. The van der Waals surface area contributed by atoms with Crippen molar-refractivity contribution in [2.45, 2.75) is 19.3 Å². The molecular formula is C16H11F4N7O2. The van der Waals surface area contributed by atoms with Crippen molar-refractivity contribution < 1.29 is 27.2 Å². The minimum absolute atomic E-state index is 0.00539. The highest BCUT2D eigenvalue weighted by molar-refractivity contribution is 6.04. The number of anilines is 1. The van der Waals surface area contributed by atoms with Crippen molar-refractivity contribution >= 4 is 17.6 Å². The molecule has 0 aliphatic carbocycles. The number of H-pyrrole nitrogens is 1. The van der Waals surface area contributed by atoms with E-state index in [0.29, 0.717) is 29.6 Å². The van der Waals surface area contributed by atoms with Gasteiger partial charge in [0, 0.05) is 5.56 Å². The van der Waals surface area contributed by atoms with Gasteiger partial charge in [-0.2, -0.15) is 28.6 Å². The molecule has 0 radical (unpaired) electrons. The van der Waals surface area contributed by atoms with Gasteiger partial charge in [-0.3, -0.25) is 9.59 Å². The van der Waals surface area contributed by atoms with Crippen LogP contribution in [0.2, 0.25) is 0 Å². The van der Waals surface area contributed by atoms with Gasteiger partial charge in [0.05, 0.1) is 24.0 Å². The second-order valence-corrected chi connectivity index (χ2v) is 6.13. The summed E-state index contributed by atoms with van der Waals surface area (Å²) in [5.41, 5.74) is -1.11. The Morgan fingerprint density at radius 1 is 1.24 bits per heavy atom. The number of hydrogen-bond donors (Lipinski definition) is 3. The van der Waals surface area contributed by atoms with Crippen LogP contribution in [0.5, 0.6) is 0 Å². The molecule has 0 saturated carbocycles. The summed E-state index contributed by atoms with van der Waals surface area (Å²) in [4.78, 5) is 28.4. The van der Waals surface area contributed by atoms with Crippen molar-refractivity contribution in [2.75, 3.05) is 5.32 Å². The first kappa shape index (κ1) is 18.6. The molecule has 29 heavy (non-hydrogen) atoms. The topological polar surface area (TPSA) is 118 Å². The van der Waals surface area contributed by atoms with Gasteiger partial charge in [0.15, 0.2) is 11.6 Å². The molecule has 1 aliphatic rings. The molecule has 3 aromatic rings. The highest BCUT2D eigenvalue weighted by atomic mass is 19.4. The van der Waals surface area contributed by atoms with Crippen LogP contribution in [0.1, 0.15) is 21.6 Å². The number of carbonyl (C=O) groups excluding carboxylic acids is 2. The van der Waals surface area contributed by atoms with Crippen molar-refractivity contribution in [3.8, 4) is 11.5 Å². The molecule has 2 aromatic heterocycles. The number of nitrogens with one attached hydrogen (secondary N) is 3. The number of alkyl halides is 3. The van der Waals surface area contributed by atoms with Gasteiger partial charge >= 0.3 is 6.18 Å². The van der Waals surface area contributed by atoms with Crippen molar-refractivity contribution in [1.82, 2.24) is 30.3 Å². The Morgan fingerprint density at radius 3 is 2.72 bits per heavy atom. The number of halogens is 4. The number of carbonyl (C=O) groups is 2. The molecule has 0 atom stereocenters. The Balaban J connectivity index is 1.70. The fourth-order valence-corrected chi connectivity index (χ4v) is 2.89. The lowest BCUT2D eigenvalue weighted by Crippen LogP contribution is -2.34. The first-order valence-corrected chi connectivity index (χ1v) is 8.14. The molecule has 4 rings (SSSR count). The first-order valence-electron chi connectivity index (χ1n) is 8.14. The van der Waals surface area contributed by atoms with Gasteiger partial charge in [-0.25, -0.2) is 9.37 Å². The summed E-state index contributed by atoms with van der Waals surface area (Å²) in [6.45, 7) is -0.0746. The minimum atomic E-state index is -4.81. The molecule has 0 fully saturated rings. The predicted molar refractivity (Wildman–Crippen MR) is 88.8 cm³/mol. The minimum Gasteiger partial charge on any atom is -0.349 e. The summed E-state index contributed by atoms with van der Waals surface area (Å²) >= 11 is 0. The standard InChI is InChI=1S/C16H11F4N7O2/c17-9-2-7(1-8(3-9)16(18,19)20)15(29)24-13-11-5-21-12(28)6-27(11)14(23-13)10-4-22-26-25-10/h1-4H,5-6H2,(H,21,28)(H,24,29)(H,22,25,26). The van der Waals surface area contributed by atoms with Crippen molar-refractivity contribution in [3.63, 3.8) is 0 Å². The number of imidazole rings is 1. The number of fused-ring (bicyclic) bond motifs is 1. The molecule has 0 spiro atoms. The van der Waals surface area contributed by atoms with Crippen LogP contribution in [0.15, 0.2) is 24.4 Å². The second-order valence-electron chi connectivity index (χ2n) is 6.13. The average Bonchev–Trinajstić information content (AvgIpc) is 3.28. The lowest BCUT2D eigenvalue weighted by atomic mass is 10.1. The summed E-state index contributed by atoms with van der Waals surface area (Å²) in [5.74, 6) is -2.25. The molecule has 1 aromatic carbocycles. The number of nitrogens with zero attached hydrogens (tertiary/aromatic N) is 4. The van der Waals surface area contributed by atoms with Gasteiger partial charge in [-0.15, -0.1) is 0 Å². The summed E-state index contributed by atoms with van der Waals surface area (Å²) in [6, 6.07) is 1.53. The van der Waals surface area contributed by atoms with Gasteiger partial charge < -0.3 is 15.2 Å². The van der Waals surface area contributed by atoms with Gasteiger partial charge in [0.25, 0.3) is 5.91 Å². The van der Waals surface area contributed by atoms with Crippen molar-refractivity contribution in [2.24, 2.45) is 0 Å². The molecule has 3 heterocycles. The number of rotatable bonds is 3. The van der Waals surface area contributed by atoms with Gasteiger partial charge in [0.1, 0.15) is 18.1 Å². The van der Waals surface area contributed by atoms with E-state index in [-0.39, 0.29) is 30.6 Å². The van der Waals surface area contributed by atoms with Crippen LogP contribution < -0.4 is 10.6 Å². The molecule has 2 amide bonds. The number of hydrogen-bond acceptors (Lipinski definition) is 5. The third-order valence-corrected chi connectivity index (χ3v) is 4.19. The van der Waals surface area contributed by atoms with E-state index in [9.17, 15) is 27.2 Å². The Labute approximate surface area is 159 Å². The van der Waals surface area contributed by atoms with Gasteiger partial charge in [-0.1, -0.05) is 0 Å². The van der Waals surface area contributed by atoms with Gasteiger partial charge in [-0.05, 0) is 18.2 Å². The number of amides is 2. The molecule has 3 N–H and O–H groups in total. The SMILES string of the molecule is O=C1Cn2c(-c3cn[nH]n3)nc(NC(=O)c3cc(F)cc(C(F)(F)F)c3)c2CN1. The van der Waals surface area contributed by atoms with E-state index in [1.807, 2.05) is 0 Å². The van der Waals surface area contributed by atoms with Crippen molar-refractivity contribution in [3.05, 3.63) is 47.0 Å². The largest absolute Gasteiger partial charge is 0.416 e. The summed E-state index contributed by atoms with van der Waals surface area (Å²) < 4.78 is 53.8. The van der Waals surface area contributed by atoms with Crippen LogP contribution in [-0.2, 0) is 24.1 Å². The average molecular weight is 409 g/mol. The van der Waals surface area contributed by atoms with E-state index >= 15 is 0 Å². The summed E-state index contributed by atoms with van der Waals surface area (Å²) in [6.07, 6.45) is -3.45. The Hall–Kier alpha value is -3.77. The Morgan fingerprint density at radius 2 is 2.03 bits per heavy atom. The zero-order chi connectivity index (χ0) is 20.8. The van der Waals surface area contributed by atoms with E-state index in [1.54, 1.807) is 0 Å². The summed E-state index contributed by atoms with van der Waals surface area (Å²) in [7, 11) is 0. The maximum atomic E-state index is 13.6. The maximum Gasteiger partial charge on any atom is 0.416 e. The molecule has 0 saturated heterocycles. The van der Waals surface area contributed by atoms with E-state index in [2.05, 4.69) is 31.0 Å². The molecular weight excluding hydrogens is 398 g/mol.